The smallest absolute Gasteiger partial charge is 0.291 e. The lowest BCUT2D eigenvalue weighted by molar-refractivity contribution is 0.0398. The van der Waals surface area contributed by atoms with E-state index in [1.165, 1.54) is 6.20 Å². The first kappa shape index (κ1) is 18.5. The summed E-state index contributed by atoms with van der Waals surface area (Å²) in [6.45, 7) is 5.13. The van der Waals surface area contributed by atoms with Crippen molar-refractivity contribution in [3.8, 4) is 5.69 Å². The molecular weight excluding hydrogens is 387 g/mol. The van der Waals surface area contributed by atoms with Crippen molar-refractivity contribution in [1.82, 2.24) is 14.7 Å². The van der Waals surface area contributed by atoms with E-state index in [2.05, 4.69) is 15.3 Å². The number of hydrogen-bond acceptors (Lipinski definition) is 5. The van der Waals surface area contributed by atoms with Gasteiger partial charge in [0.25, 0.3) is 5.56 Å². The summed E-state index contributed by atoms with van der Waals surface area (Å²) in [6.07, 6.45) is 1.33. The first-order valence-electron chi connectivity index (χ1n) is 7.83. The van der Waals surface area contributed by atoms with Crippen LogP contribution in [-0.4, -0.2) is 54.1 Å². The molecule has 9 heteroatoms. The van der Waals surface area contributed by atoms with Crippen molar-refractivity contribution in [2.75, 3.05) is 44.7 Å². The molecule has 1 fully saturated rings. The highest BCUT2D eigenvalue weighted by Gasteiger charge is 2.12. The number of ether oxygens (including phenoxy) is 1. The number of halogens is 3. The summed E-state index contributed by atoms with van der Waals surface area (Å²) in [6, 6.07) is 5.23. The van der Waals surface area contributed by atoms with Gasteiger partial charge < -0.3 is 10.1 Å². The molecule has 0 radical (unpaired) electrons. The fourth-order valence-corrected chi connectivity index (χ4v) is 3.04. The quantitative estimate of drug-likeness (QED) is 0.832. The Morgan fingerprint density at radius 1 is 1.16 bits per heavy atom. The molecule has 1 aromatic heterocycles. The van der Waals surface area contributed by atoms with Gasteiger partial charge in [-0.3, -0.25) is 9.69 Å². The highest BCUT2D eigenvalue weighted by molar-refractivity contribution is 6.41. The van der Waals surface area contributed by atoms with Gasteiger partial charge in [-0.2, -0.15) is 9.78 Å². The number of morpholine rings is 1. The van der Waals surface area contributed by atoms with Gasteiger partial charge in [-0.05, 0) is 18.2 Å². The molecule has 0 unspecified atom stereocenters. The molecular formula is C16H17Cl3N4O2. The summed E-state index contributed by atoms with van der Waals surface area (Å²) in [5, 5.41) is 7.85. The second-order valence-electron chi connectivity index (χ2n) is 5.57. The molecule has 134 valence electrons. The van der Waals surface area contributed by atoms with Crippen LogP contribution in [0.5, 0.6) is 0 Å². The second-order valence-corrected chi connectivity index (χ2v) is 6.76. The Morgan fingerprint density at radius 2 is 1.92 bits per heavy atom. The molecule has 1 saturated heterocycles. The van der Waals surface area contributed by atoms with Crippen LogP contribution in [0.4, 0.5) is 5.69 Å². The maximum Gasteiger partial charge on any atom is 0.291 e. The molecule has 1 N–H and O–H groups in total. The second kappa shape index (κ2) is 8.38. The highest BCUT2D eigenvalue weighted by atomic mass is 35.5. The van der Waals surface area contributed by atoms with Gasteiger partial charge in [0.05, 0.1) is 40.8 Å². The number of benzene rings is 1. The zero-order valence-electron chi connectivity index (χ0n) is 13.3. The first-order chi connectivity index (χ1) is 12.1. The topological polar surface area (TPSA) is 59.4 Å². The zero-order valence-corrected chi connectivity index (χ0v) is 15.6. The average molecular weight is 404 g/mol. The fraction of sp³-hybridized carbons (Fsp3) is 0.375. The van der Waals surface area contributed by atoms with Crippen LogP contribution in [0, 0.1) is 0 Å². The third-order valence-corrected chi connectivity index (χ3v) is 4.98. The molecule has 0 atom stereocenters. The molecule has 3 rings (SSSR count). The van der Waals surface area contributed by atoms with Crippen molar-refractivity contribution in [3.63, 3.8) is 0 Å². The molecule has 0 saturated carbocycles. The number of anilines is 1. The minimum Gasteiger partial charge on any atom is -0.383 e. The van der Waals surface area contributed by atoms with E-state index in [4.69, 9.17) is 39.5 Å². The van der Waals surface area contributed by atoms with E-state index in [1.807, 2.05) is 6.07 Å². The van der Waals surface area contributed by atoms with Crippen molar-refractivity contribution in [2.45, 2.75) is 0 Å². The largest absolute Gasteiger partial charge is 0.383 e. The number of rotatable bonds is 5. The Hall–Kier alpha value is -1.31. The van der Waals surface area contributed by atoms with Gasteiger partial charge in [-0.1, -0.05) is 34.8 Å². The molecule has 25 heavy (non-hydrogen) atoms. The summed E-state index contributed by atoms with van der Waals surface area (Å²) in [7, 11) is 0. The molecule has 0 bridgehead atoms. The third-order valence-electron chi connectivity index (χ3n) is 3.92. The first-order valence-corrected chi connectivity index (χ1v) is 8.97. The van der Waals surface area contributed by atoms with Crippen molar-refractivity contribution in [3.05, 3.63) is 49.8 Å². The SMILES string of the molecule is O=c1c(Cl)c(Cl)cnn1-c1ccc(NCCN2CCOCC2)c(Cl)c1. The molecule has 0 aliphatic carbocycles. The van der Waals surface area contributed by atoms with Gasteiger partial charge in [0.15, 0.2) is 0 Å². The van der Waals surface area contributed by atoms with Crippen LogP contribution in [0.15, 0.2) is 29.2 Å². The van der Waals surface area contributed by atoms with Crippen LogP contribution in [0.3, 0.4) is 0 Å². The van der Waals surface area contributed by atoms with E-state index in [-0.39, 0.29) is 10.0 Å². The van der Waals surface area contributed by atoms with E-state index < -0.39 is 5.56 Å². The van der Waals surface area contributed by atoms with Crippen LogP contribution >= 0.6 is 34.8 Å². The summed E-state index contributed by atoms with van der Waals surface area (Å²) >= 11 is 18.0. The predicted molar refractivity (Wildman–Crippen MR) is 101 cm³/mol. The van der Waals surface area contributed by atoms with E-state index in [9.17, 15) is 4.79 Å². The number of aromatic nitrogens is 2. The molecule has 1 aliphatic heterocycles. The maximum atomic E-state index is 12.1. The average Bonchev–Trinajstić information content (AvgIpc) is 2.62. The van der Waals surface area contributed by atoms with Crippen LogP contribution < -0.4 is 10.9 Å². The summed E-state index contributed by atoms with van der Waals surface area (Å²) in [5.41, 5.74) is 0.831. The van der Waals surface area contributed by atoms with Crippen LogP contribution in [0.25, 0.3) is 5.69 Å². The van der Waals surface area contributed by atoms with E-state index in [0.29, 0.717) is 10.7 Å². The lowest BCUT2D eigenvalue weighted by Gasteiger charge is -2.26. The van der Waals surface area contributed by atoms with Gasteiger partial charge in [0.2, 0.25) is 0 Å². The standard InChI is InChI=1S/C16H17Cl3N4O2/c17-12-9-11(23-16(24)15(19)13(18)10-21-23)1-2-14(12)20-3-4-22-5-7-25-8-6-22/h1-2,9-10,20H,3-8H2. The number of hydrogen-bond donors (Lipinski definition) is 1. The van der Waals surface area contributed by atoms with E-state index in [0.717, 1.165) is 49.8 Å². The third kappa shape index (κ3) is 4.46. The number of nitrogens with zero attached hydrogens (tertiary/aromatic N) is 3. The van der Waals surface area contributed by atoms with Crippen molar-refractivity contribution >= 4 is 40.5 Å². The Kier molecular flexibility index (Phi) is 6.19. The molecule has 0 amide bonds. The van der Waals surface area contributed by atoms with Crippen molar-refractivity contribution in [2.24, 2.45) is 0 Å². The van der Waals surface area contributed by atoms with Gasteiger partial charge in [-0.15, -0.1) is 0 Å². The minimum atomic E-state index is -0.488. The molecule has 2 heterocycles. The Bertz CT molecular complexity index is 806. The molecule has 1 aliphatic rings. The van der Waals surface area contributed by atoms with Gasteiger partial charge in [-0.25, -0.2) is 0 Å². The van der Waals surface area contributed by atoms with E-state index >= 15 is 0 Å². The zero-order chi connectivity index (χ0) is 17.8. The van der Waals surface area contributed by atoms with Crippen molar-refractivity contribution in [1.29, 1.82) is 0 Å². The van der Waals surface area contributed by atoms with Gasteiger partial charge >= 0.3 is 0 Å². The Balaban J connectivity index is 1.68. The minimum absolute atomic E-state index is 0.0690. The number of nitrogens with one attached hydrogen (secondary N) is 1. The molecule has 1 aromatic carbocycles. The lowest BCUT2D eigenvalue weighted by Crippen LogP contribution is -2.39. The summed E-state index contributed by atoms with van der Waals surface area (Å²) in [4.78, 5) is 14.5. The summed E-state index contributed by atoms with van der Waals surface area (Å²) in [5.74, 6) is 0. The highest BCUT2D eigenvalue weighted by Crippen LogP contribution is 2.24. The van der Waals surface area contributed by atoms with Crippen LogP contribution in [0.1, 0.15) is 0 Å². The predicted octanol–water partition coefficient (Wildman–Crippen LogP) is 2.94. The van der Waals surface area contributed by atoms with E-state index in [1.54, 1.807) is 12.1 Å². The fourth-order valence-electron chi connectivity index (χ4n) is 2.55. The molecule has 6 nitrogen and oxygen atoms in total. The summed E-state index contributed by atoms with van der Waals surface area (Å²) < 4.78 is 6.49. The Morgan fingerprint density at radius 3 is 2.64 bits per heavy atom. The van der Waals surface area contributed by atoms with Crippen LogP contribution in [0.2, 0.25) is 15.1 Å². The molecule has 2 aromatic rings. The van der Waals surface area contributed by atoms with Gasteiger partial charge in [0, 0.05) is 26.2 Å². The molecule has 0 spiro atoms. The van der Waals surface area contributed by atoms with Crippen molar-refractivity contribution < 1.29 is 4.74 Å². The van der Waals surface area contributed by atoms with Crippen LogP contribution in [-0.2, 0) is 4.74 Å². The normalized spacial score (nSPS) is 15.3. The van der Waals surface area contributed by atoms with Gasteiger partial charge in [0.1, 0.15) is 5.02 Å². The monoisotopic (exact) mass is 402 g/mol. The Labute approximate surface area is 160 Å². The maximum absolute atomic E-state index is 12.1. The lowest BCUT2D eigenvalue weighted by atomic mass is 10.2.